The van der Waals surface area contributed by atoms with Gasteiger partial charge in [0.2, 0.25) is 15.9 Å². The largest absolute Gasteiger partial charge is 0.341 e. The highest BCUT2D eigenvalue weighted by Gasteiger charge is 2.33. The molecule has 2 fully saturated rings. The van der Waals surface area contributed by atoms with Gasteiger partial charge in [-0.2, -0.15) is 0 Å². The van der Waals surface area contributed by atoms with Crippen LogP contribution in [0.3, 0.4) is 0 Å². The molecule has 1 N–H and O–H groups in total. The first kappa shape index (κ1) is 16.7. The molecule has 3 atom stereocenters. The molecule has 2 aliphatic heterocycles. The molecule has 0 aromatic rings. The van der Waals surface area contributed by atoms with Crippen LogP contribution in [0.2, 0.25) is 0 Å². The number of sulfonamides is 1. The van der Waals surface area contributed by atoms with E-state index in [0.29, 0.717) is 13.1 Å². The molecule has 0 radical (unpaired) electrons. The smallest absolute Gasteiger partial charge is 0.239 e. The van der Waals surface area contributed by atoms with Gasteiger partial charge in [0, 0.05) is 32.2 Å². The van der Waals surface area contributed by atoms with Gasteiger partial charge in [-0.25, -0.2) is 12.7 Å². The minimum atomic E-state index is -3.11. The Bertz CT molecular complexity index is 474. The van der Waals surface area contributed by atoms with Crippen LogP contribution in [0.4, 0.5) is 0 Å². The highest BCUT2D eigenvalue weighted by Crippen LogP contribution is 2.20. The number of nitrogens with one attached hydrogen (secondary N) is 1. The summed E-state index contributed by atoms with van der Waals surface area (Å²) in [5, 5.41) is 3.40. The lowest BCUT2D eigenvalue weighted by Gasteiger charge is -2.37. The standard InChI is InChI=1S/C14H27N3O3S/c1-11-10-17(21(3,19)20)9-6-13(11)15-12(2)14(18)16-7-4-5-8-16/h11-13,15H,4-10H2,1-3H3/t11-,12+,13+/m1/s1. The van der Waals surface area contributed by atoms with Crippen molar-refractivity contribution in [3.05, 3.63) is 0 Å². The second-order valence-corrected chi connectivity index (χ2v) is 8.40. The van der Waals surface area contributed by atoms with Crippen LogP contribution in [0.15, 0.2) is 0 Å². The van der Waals surface area contributed by atoms with Crippen molar-refractivity contribution in [1.82, 2.24) is 14.5 Å². The first-order valence-corrected chi connectivity index (χ1v) is 9.64. The monoisotopic (exact) mass is 317 g/mol. The molecule has 2 heterocycles. The third-order valence-corrected chi connectivity index (χ3v) is 5.86. The predicted octanol–water partition coefficient (Wildman–Crippen LogP) is 0.257. The van der Waals surface area contributed by atoms with Crippen LogP contribution in [0.1, 0.15) is 33.1 Å². The zero-order valence-electron chi connectivity index (χ0n) is 13.2. The van der Waals surface area contributed by atoms with Crippen LogP contribution in [0, 0.1) is 5.92 Å². The fourth-order valence-corrected chi connectivity index (χ4v) is 4.20. The van der Waals surface area contributed by atoms with E-state index in [1.807, 2.05) is 18.7 Å². The Kier molecular flexibility index (Phi) is 5.27. The maximum atomic E-state index is 12.3. The third kappa shape index (κ3) is 4.17. The number of piperidine rings is 1. The van der Waals surface area contributed by atoms with Crippen molar-refractivity contribution in [3.8, 4) is 0 Å². The van der Waals surface area contributed by atoms with Crippen molar-refractivity contribution >= 4 is 15.9 Å². The maximum absolute atomic E-state index is 12.3. The van der Waals surface area contributed by atoms with Crippen molar-refractivity contribution in [2.45, 2.75) is 45.2 Å². The number of carbonyl (C=O) groups excluding carboxylic acids is 1. The molecule has 0 aliphatic carbocycles. The quantitative estimate of drug-likeness (QED) is 0.807. The van der Waals surface area contributed by atoms with E-state index in [1.165, 1.54) is 10.6 Å². The Morgan fingerprint density at radius 3 is 2.38 bits per heavy atom. The minimum Gasteiger partial charge on any atom is -0.341 e. The molecule has 2 rings (SSSR count). The van der Waals surface area contributed by atoms with Crippen molar-refractivity contribution < 1.29 is 13.2 Å². The van der Waals surface area contributed by atoms with Crippen molar-refractivity contribution in [1.29, 1.82) is 0 Å². The van der Waals surface area contributed by atoms with Gasteiger partial charge in [-0.1, -0.05) is 6.92 Å². The van der Waals surface area contributed by atoms with Gasteiger partial charge in [0.15, 0.2) is 0 Å². The summed E-state index contributed by atoms with van der Waals surface area (Å²) in [4.78, 5) is 14.2. The zero-order chi connectivity index (χ0) is 15.6. The molecule has 122 valence electrons. The molecule has 7 heteroatoms. The lowest BCUT2D eigenvalue weighted by atomic mass is 9.94. The van der Waals surface area contributed by atoms with E-state index in [4.69, 9.17) is 0 Å². The molecule has 2 aliphatic rings. The summed E-state index contributed by atoms with van der Waals surface area (Å²) in [5.41, 5.74) is 0. The molecule has 0 aromatic carbocycles. The number of rotatable bonds is 4. The summed E-state index contributed by atoms with van der Waals surface area (Å²) in [6, 6.07) is 0.00452. The van der Waals surface area contributed by atoms with Gasteiger partial charge in [0.05, 0.1) is 12.3 Å². The van der Waals surface area contributed by atoms with Gasteiger partial charge in [0.25, 0.3) is 0 Å². The summed E-state index contributed by atoms with van der Waals surface area (Å²) >= 11 is 0. The second kappa shape index (κ2) is 6.62. The van der Waals surface area contributed by atoms with Crippen LogP contribution in [-0.4, -0.2) is 68.0 Å². The lowest BCUT2D eigenvalue weighted by Crippen LogP contribution is -2.55. The van der Waals surface area contributed by atoms with E-state index >= 15 is 0 Å². The van der Waals surface area contributed by atoms with Crippen molar-refractivity contribution in [2.24, 2.45) is 5.92 Å². The molecule has 0 bridgehead atoms. The van der Waals surface area contributed by atoms with E-state index in [9.17, 15) is 13.2 Å². The summed E-state index contributed by atoms with van der Waals surface area (Å²) in [6.07, 6.45) is 4.21. The van der Waals surface area contributed by atoms with E-state index in [-0.39, 0.29) is 23.9 Å². The van der Waals surface area contributed by atoms with E-state index in [0.717, 1.165) is 32.4 Å². The summed E-state index contributed by atoms with van der Waals surface area (Å²) in [5.74, 6) is 0.382. The summed E-state index contributed by atoms with van der Waals surface area (Å²) in [7, 11) is -3.11. The lowest BCUT2D eigenvalue weighted by molar-refractivity contribution is -0.132. The molecule has 0 aromatic heterocycles. The van der Waals surface area contributed by atoms with Crippen LogP contribution in [-0.2, 0) is 14.8 Å². The van der Waals surface area contributed by atoms with Gasteiger partial charge in [-0.15, -0.1) is 0 Å². The maximum Gasteiger partial charge on any atom is 0.239 e. The third-order valence-electron chi connectivity index (χ3n) is 4.59. The molecule has 21 heavy (non-hydrogen) atoms. The Morgan fingerprint density at radius 2 is 1.86 bits per heavy atom. The van der Waals surface area contributed by atoms with Crippen LogP contribution in [0.5, 0.6) is 0 Å². The van der Waals surface area contributed by atoms with Gasteiger partial charge in [0.1, 0.15) is 0 Å². The first-order chi connectivity index (χ1) is 9.79. The van der Waals surface area contributed by atoms with Crippen LogP contribution >= 0.6 is 0 Å². The number of likely N-dealkylation sites (tertiary alicyclic amines) is 1. The molecular formula is C14H27N3O3S. The number of hydrogen-bond acceptors (Lipinski definition) is 4. The number of nitrogens with zero attached hydrogens (tertiary/aromatic N) is 2. The van der Waals surface area contributed by atoms with Gasteiger partial charge < -0.3 is 10.2 Å². The Labute approximate surface area is 127 Å². The Morgan fingerprint density at radius 1 is 1.24 bits per heavy atom. The van der Waals surface area contributed by atoms with Crippen LogP contribution < -0.4 is 5.32 Å². The SMILES string of the molecule is C[C@H](N[C@H]1CCN(S(C)(=O)=O)C[C@H]1C)C(=O)N1CCCC1. The highest BCUT2D eigenvalue weighted by molar-refractivity contribution is 7.88. The topological polar surface area (TPSA) is 69.7 Å². The molecule has 2 saturated heterocycles. The predicted molar refractivity (Wildman–Crippen MR) is 82.4 cm³/mol. The first-order valence-electron chi connectivity index (χ1n) is 7.79. The minimum absolute atomic E-state index is 0.172. The molecule has 0 unspecified atom stereocenters. The fourth-order valence-electron chi connectivity index (χ4n) is 3.26. The zero-order valence-corrected chi connectivity index (χ0v) is 14.0. The normalized spacial score (nSPS) is 29.6. The van der Waals surface area contributed by atoms with Gasteiger partial charge in [-0.3, -0.25) is 4.79 Å². The molecule has 0 saturated carbocycles. The summed E-state index contributed by atoms with van der Waals surface area (Å²) < 4.78 is 24.7. The van der Waals surface area contributed by atoms with E-state index in [1.54, 1.807) is 0 Å². The van der Waals surface area contributed by atoms with Crippen molar-refractivity contribution in [2.75, 3.05) is 32.4 Å². The Hall–Kier alpha value is -0.660. The molecule has 6 nitrogen and oxygen atoms in total. The number of amides is 1. The van der Waals surface area contributed by atoms with Crippen LogP contribution in [0.25, 0.3) is 0 Å². The molecule has 0 spiro atoms. The average Bonchev–Trinajstić information content (AvgIpc) is 2.92. The second-order valence-electron chi connectivity index (χ2n) is 6.41. The van der Waals surface area contributed by atoms with E-state index in [2.05, 4.69) is 5.32 Å². The number of carbonyl (C=O) groups is 1. The highest BCUT2D eigenvalue weighted by atomic mass is 32.2. The van der Waals surface area contributed by atoms with E-state index < -0.39 is 10.0 Å². The number of hydrogen-bond donors (Lipinski definition) is 1. The van der Waals surface area contributed by atoms with Gasteiger partial charge >= 0.3 is 0 Å². The van der Waals surface area contributed by atoms with Crippen molar-refractivity contribution in [3.63, 3.8) is 0 Å². The van der Waals surface area contributed by atoms with Gasteiger partial charge in [-0.05, 0) is 32.1 Å². The molecule has 1 amide bonds. The summed E-state index contributed by atoms with van der Waals surface area (Å²) in [6.45, 7) is 6.75. The fraction of sp³-hybridized carbons (Fsp3) is 0.929. The molecular weight excluding hydrogens is 290 g/mol. The average molecular weight is 317 g/mol. The Balaban J connectivity index is 1.87.